The largest absolute Gasteiger partial charge is 0.226 e. The first-order chi connectivity index (χ1) is 7.34. The molecular formula is C12H9ClN2. The molecule has 0 N–H and O–H groups in total. The van der Waals surface area contributed by atoms with Crippen molar-refractivity contribution in [3.05, 3.63) is 59.1 Å². The van der Waals surface area contributed by atoms with Gasteiger partial charge in [0.05, 0.1) is 5.69 Å². The third-order valence-corrected chi connectivity index (χ3v) is 2.08. The van der Waals surface area contributed by atoms with Gasteiger partial charge in [-0.25, -0.2) is 9.97 Å². The lowest BCUT2D eigenvalue weighted by molar-refractivity contribution is 1.15. The van der Waals surface area contributed by atoms with E-state index in [2.05, 4.69) is 9.97 Å². The molecule has 0 saturated heterocycles. The maximum atomic E-state index is 5.67. The molecule has 74 valence electrons. The molecule has 1 aromatic heterocycles. The van der Waals surface area contributed by atoms with Crippen molar-refractivity contribution in [2.24, 2.45) is 0 Å². The van der Waals surface area contributed by atoms with Gasteiger partial charge in [-0.15, -0.1) is 0 Å². The van der Waals surface area contributed by atoms with E-state index in [1.54, 1.807) is 6.20 Å². The van der Waals surface area contributed by atoms with Crippen LogP contribution in [0, 0.1) is 0 Å². The zero-order valence-electron chi connectivity index (χ0n) is 7.97. The Labute approximate surface area is 93.3 Å². The Balaban J connectivity index is 2.19. The van der Waals surface area contributed by atoms with E-state index in [9.17, 15) is 0 Å². The Kier molecular flexibility index (Phi) is 3.10. The average Bonchev–Trinajstić information content (AvgIpc) is 2.28. The Morgan fingerprint density at radius 1 is 1.00 bits per heavy atom. The monoisotopic (exact) mass is 216 g/mol. The van der Waals surface area contributed by atoms with E-state index in [1.807, 2.05) is 48.6 Å². The molecule has 0 unspecified atom stereocenters. The molecule has 2 rings (SSSR count). The second-order valence-electron chi connectivity index (χ2n) is 2.99. The number of benzene rings is 1. The fourth-order valence-electron chi connectivity index (χ4n) is 1.19. The first-order valence-electron chi connectivity index (χ1n) is 4.56. The van der Waals surface area contributed by atoms with Gasteiger partial charge >= 0.3 is 0 Å². The molecule has 0 saturated carbocycles. The molecule has 0 spiro atoms. The fourth-order valence-corrected chi connectivity index (χ4v) is 1.34. The topological polar surface area (TPSA) is 25.8 Å². The molecule has 0 amide bonds. The van der Waals surface area contributed by atoms with Crippen LogP contribution in [-0.4, -0.2) is 9.97 Å². The summed E-state index contributed by atoms with van der Waals surface area (Å²) in [6.45, 7) is 0. The molecule has 1 aromatic carbocycles. The van der Waals surface area contributed by atoms with Crippen LogP contribution >= 0.6 is 11.6 Å². The maximum Gasteiger partial charge on any atom is 0.222 e. The molecule has 0 aliphatic rings. The van der Waals surface area contributed by atoms with Crippen LogP contribution in [0.3, 0.4) is 0 Å². The first-order valence-corrected chi connectivity index (χ1v) is 4.94. The van der Waals surface area contributed by atoms with Gasteiger partial charge in [0.15, 0.2) is 0 Å². The summed E-state index contributed by atoms with van der Waals surface area (Å²) in [5.74, 6) is 0. The smallest absolute Gasteiger partial charge is 0.222 e. The zero-order valence-corrected chi connectivity index (χ0v) is 8.72. The molecule has 0 atom stereocenters. The Morgan fingerprint density at radius 2 is 1.80 bits per heavy atom. The van der Waals surface area contributed by atoms with E-state index in [-0.39, 0.29) is 5.28 Å². The Hall–Kier alpha value is -1.67. The summed E-state index contributed by atoms with van der Waals surface area (Å²) >= 11 is 5.67. The van der Waals surface area contributed by atoms with Crippen molar-refractivity contribution in [3.63, 3.8) is 0 Å². The minimum atomic E-state index is 0.269. The summed E-state index contributed by atoms with van der Waals surface area (Å²) in [4.78, 5) is 7.87. The molecule has 0 fully saturated rings. The predicted molar refractivity (Wildman–Crippen MR) is 62.4 cm³/mol. The molecular weight excluding hydrogens is 208 g/mol. The van der Waals surface area contributed by atoms with Crippen molar-refractivity contribution in [2.75, 3.05) is 0 Å². The third kappa shape index (κ3) is 2.89. The van der Waals surface area contributed by atoms with E-state index in [0.29, 0.717) is 0 Å². The highest BCUT2D eigenvalue weighted by Gasteiger charge is 1.91. The number of hydrogen-bond acceptors (Lipinski definition) is 2. The van der Waals surface area contributed by atoms with Gasteiger partial charge in [-0.05, 0) is 29.3 Å². The molecule has 1 heterocycles. The normalized spacial score (nSPS) is 10.7. The lowest BCUT2D eigenvalue weighted by atomic mass is 10.2. The van der Waals surface area contributed by atoms with E-state index in [0.717, 1.165) is 11.3 Å². The van der Waals surface area contributed by atoms with Gasteiger partial charge < -0.3 is 0 Å². The van der Waals surface area contributed by atoms with Crippen LogP contribution < -0.4 is 0 Å². The molecule has 2 nitrogen and oxygen atoms in total. The van der Waals surface area contributed by atoms with Crippen LogP contribution in [-0.2, 0) is 0 Å². The van der Waals surface area contributed by atoms with Gasteiger partial charge in [0, 0.05) is 6.20 Å². The maximum absolute atomic E-state index is 5.67. The number of nitrogens with zero attached hydrogens (tertiary/aromatic N) is 2. The number of rotatable bonds is 2. The molecule has 0 radical (unpaired) electrons. The standard InChI is InChI=1S/C12H9ClN2/c13-12-14-9-8-11(15-12)7-6-10-4-2-1-3-5-10/h1-9H. The van der Waals surface area contributed by atoms with Crippen LogP contribution in [0.15, 0.2) is 42.6 Å². The Morgan fingerprint density at radius 3 is 2.53 bits per heavy atom. The third-order valence-electron chi connectivity index (χ3n) is 1.89. The second-order valence-corrected chi connectivity index (χ2v) is 3.33. The summed E-state index contributed by atoms with van der Waals surface area (Å²) in [5, 5.41) is 0.269. The summed E-state index contributed by atoms with van der Waals surface area (Å²) in [6, 6.07) is 11.8. The second kappa shape index (κ2) is 4.71. The highest BCUT2D eigenvalue weighted by molar-refractivity contribution is 6.28. The molecule has 0 bridgehead atoms. The van der Waals surface area contributed by atoms with Crippen molar-refractivity contribution in [2.45, 2.75) is 0 Å². The van der Waals surface area contributed by atoms with Gasteiger partial charge in [0.25, 0.3) is 0 Å². The predicted octanol–water partition coefficient (Wildman–Crippen LogP) is 3.30. The molecule has 0 aliphatic heterocycles. The summed E-state index contributed by atoms with van der Waals surface area (Å²) in [5.41, 5.74) is 1.94. The van der Waals surface area contributed by atoms with Crippen LogP contribution in [0.2, 0.25) is 5.28 Å². The van der Waals surface area contributed by atoms with E-state index >= 15 is 0 Å². The lowest BCUT2D eigenvalue weighted by Gasteiger charge is -1.93. The van der Waals surface area contributed by atoms with E-state index < -0.39 is 0 Å². The fraction of sp³-hybridized carbons (Fsp3) is 0. The molecule has 0 aliphatic carbocycles. The van der Waals surface area contributed by atoms with Crippen LogP contribution in [0.1, 0.15) is 11.3 Å². The van der Waals surface area contributed by atoms with Gasteiger partial charge in [-0.2, -0.15) is 0 Å². The van der Waals surface area contributed by atoms with Crippen LogP contribution in [0.4, 0.5) is 0 Å². The molecule has 3 heteroatoms. The highest BCUT2D eigenvalue weighted by Crippen LogP contribution is 2.07. The zero-order chi connectivity index (χ0) is 10.5. The van der Waals surface area contributed by atoms with Crippen molar-refractivity contribution < 1.29 is 0 Å². The molecule has 2 aromatic rings. The summed E-state index contributed by atoms with van der Waals surface area (Å²) in [6.07, 6.45) is 5.53. The lowest BCUT2D eigenvalue weighted by Crippen LogP contribution is -1.83. The minimum Gasteiger partial charge on any atom is -0.226 e. The van der Waals surface area contributed by atoms with Crippen LogP contribution in [0.25, 0.3) is 12.2 Å². The van der Waals surface area contributed by atoms with Gasteiger partial charge in [-0.1, -0.05) is 36.4 Å². The van der Waals surface area contributed by atoms with E-state index in [1.165, 1.54) is 0 Å². The number of aromatic nitrogens is 2. The van der Waals surface area contributed by atoms with Crippen molar-refractivity contribution >= 4 is 23.8 Å². The van der Waals surface area contributed by atoms with Crippen LogP contribution in [0.5, 0.6) is 0 Å². The molecule has 15 heavy (non-hydrogen) atoms. The van der Waals surface area contributed by atoms with Gasteiger partial charge in [-0.3, -0.25) is 0 Å². The average molecular weight is 217 g/mol. The van der Waals surface area contributed by atoms with Gasteiger partial charge in [0.1, 0.15) is 0 Å². The quantitative estimate of drug-likeness (QED) is 0.720. The van der Waals surface area contributed by atoms with Gasteiger partial charge in [0.2, 0.25) is 5.28 Å². The first kappa shape index (κ1) is 9.87. The minimum absolute atomic E-state index is 0.269. The number of hydrogen-bond donors (Lipinski definition) is 0. The van der Waals surface area contributed by atoms with Crippen molar-refractivity contribution in [1.29, 1.82) is 0 Å². The van der Waals surface area contributed by atoms with Crippen molar-refractivity contribution in [3.8, 4) is 0 Å². The highest BCUT2D eigenvalue weighted by atomic mass is 35.5. The summed E-state index contributed by atoms with van der Waals surface area (Å²) < 4.78 is 0. The van der Waals surface area contributed by atoms with E-state index in [4.69, 9.17) is 11.6 Å². The summed E-state index contributed by atoms with van der Waals surface area (Å²) in [7, 11) is 0. The van der Waals surface area contributed by atoms with Crippen molar-refractivity contribution in [1.82, 2.24) is 9.97 Å². The number of halogens is 1. The SMILES string of the molecule is Clc1nccc(C=Cc2ccccc2)n1. The Bertz CT molecular complexity index is 466.